The molecular weight excluding hydrogens is 254 g/mol. The van der Waals surface area contributed by atoms with Gasteiger partial charge in [-0.2, -0.15) is 0 Å². The molecule has 1 aliphatic heterocycles. The van der Waals surface area contributed by atoms with Crippen molar-refractivity contribution in [2.24, 2.45) is 5.92 Å². The molecule has 0 aliphatic carbocycles. The van der Waals surface area contributed by atoms with E-state index in [1.165, 1.54) is 0 Å². The van der Waals surface area contributed by atoms with Crippen LogP contribution in [-0.4, -0.2) is 44.6 Å². The summed E-state index contributed by atoms with van der Waals surface area (Å²) < 4.78 is 3.82. The molecule has 1 saturated heterocycles. The predicted octanol–water partition coefficient (Wildman–Crippen LogP) is 1.21. The Labute approximate surface area is 109 Å². The van der Waals surface area contributed by atoms with E-state index in [0.29, 0.717) is 18.0 Å². The lowest BCUT2D eigenvalue weighted by molar-refractivity contribution is -0.139. The van der Waals surface area contributed by atoms with Crippen molar-refractivity contribution in [3.8, 4) is 0 Å². The monoisotopic (exact) mass is 269 g/mol. The van der Waals surface area contributed by atoms with Gasteiger partial charge in [0.05, 0.1) is 12.1 Å². The average molecular weight is 269 g/mol. The molecule has 2 heterocycles. The number of carbonyl (C=O) groups is 2. The molecule has 1 fully saturated rings. The molecule has 0 saturated carbocycles. The van der Waals surface area contributed by atoms with Crippen LogP contribution in [-0.2, 0) is 4.79 Å². The Hall–Kier alpha value is -1.50. The van der Waals surface area contributed by atoms with Crippen LogP contribution in [0.3, 0.4) is 0 Å². The summed E-state index contributed by atoms with van der Waals surface area (Å²) >= 11 is 1.11. The number of aromatic nitrogens is 2. The lowest BCUT2D eigenvalue weighted by Crippen LogP contribution is -2.50. The molecule has 1 N–H and O–H groups in total. The van der Waals surface area contributed by atoms with E-state index in [9.17, 15) is 9.59 Å². The van der Waals surface area contributed by atoms with Crippen molar-refractivity contribution in [3.05, 3.63) is 10.6 Å². The highest BCUT2D eigenvalue weighted by Gasteiger charge is 2.34. The molecule has 2 rings (SSSR count). The lowest BCUT2D eigenvalue weighted by Gasteiger charge is -2.38. The molecule has 1 amide bonds. The second kappa shape index (κ2) is 5.01. The standard InChI is InChI=1S/C11H15N3O3S/c1-6(2)9-10(18-13-12-9)11(17)14-4-7(5-14)3-8(15)16/h6-7H,3-5H2,1-2H3,(H,15,16). The van der Waals surface area contributed by atoms with Crippen LogP contribution in [0, 0.1) is 5.92 Å². The van der Waals surface area contributed by atoms with Gasteiger partial charge in [0.2, 0.25) is 0 Å². The molecule has 0 bridgehead atoms. The van der Waals surface area contributed by atoms with Crippen molar-refractivity contribution < 1.29 is 14.7 Å². The number of amides is 1. The summed E-state index contributed by atoms with van der Waals surface area (Å²) in [5.41, 5.74) is 0.728. The minimum absolute atomic E-state index is 0.0738. The van der Waals surface area contributed by atoms with Gasteiger partial charge >= 0.3 is 5.97 Å². The van der Waals surface area contributed by atoms with Crippen molar-refractivity contribution in [2.75, 3.05) is 13.1 Å². The Morgan fingerprint density at radius 3 is 2.72 bits per heavy atom. The minimum Gasteiger partial charge on any atom is -0.481 e. The van der Waals surface area contributed by atoms with Gasteiger partial charge in [-0.3, -0.25) is 9.59 Å². The van der Waals surface area contributed by atoms with Gasteiger partial charge in [-0.25, -0.2) is 0 Å². The Morgan fingerprint density at radius 2 is 2.17 bits per heavy atom. The number of carbonyl (C=O) groups excluding carboxylic acids is 1. The summed E-state index contributed by atoms with van der Waals surface area (Å²) in [7, 11) is 0. The van der Waals surface area contributed by atoms with Gasteiger partial charge in [0.25, 0.3) is 5.91 Å². The van der Waals surface area contributed by atoms with E-state index in [0.717, 1.165) is 17.2 Å². The zero-order valence-corrected chi connectivity index (χ0v) is 11.1. The quantitative estimate of drug-likeness (QED) is 0.888. The Morgan fingerprint density at radius 1 is 1.50 bits per heavy atom. The number of hydrogen-bond acceptors (Lipinski definition) is 5. The van der Waals surface area contributed by atoms with Crippen molar-refractivity contribution in [3.63, 3.8) is 0 Å². The van der Waals surface area contributed by atoms with Gasteiger partial charge in [0, 0.05) is 19.0 Å². The maximum Gasteiger partial charge on any atom is 0.303 e. The first-order valence-electron chi connectivity index (χ1n) is 5.82. The smallest absolute Gasteiger partial charge is 0.303 e. The van der Waals surface area contributed by atoms with Crippen LogP contribution in [0.4, 0.5) is 0 Å². The molecule has 0 aromatic carbocycles. The van der Waals surface area contributed by atoms with Gasteiger partial charge in [-0.15, -0.1) is 5.10 Å². The number of likely N-dealkylation sites (tertiary alicyclic amines) is 1. The van der Waals surface area contributed by atoms with Gasteiger partial charge in [0.1, 0.15) is 4.88 Å². The maximum absolute atomic E-state index is 12.2. The van der Waals surface area contributed by atoms with Crippen LogP contribution in [0.15, 0.2) is 0 Å². The molecule has 18 heavy (non-hydrogen) atoms. The third kappa shape index (κ3) is 2.50. The molecule has 0 spiro atoms. The summed E-state index contributed by atoms with van der Waals surface area (Å²) in [4.78, 5) is 24.9. The fraction of sp³-hybridized carbons (Fsp3) is 0.636. The van der Waals surface area contributed by atoms with Crippen molar-refractivity contribution in [1.29, 1.82) is 0 Å². The molecule has 1 aromatic heterocycles. The summed E-state index contributed by atoms with van der Waals surface area (Å²) in [6.45, 7) is 4.97. The topological polar surface area (TPSA) is 83.4 Å². The highest BCUT2D eigenvalue weighted by Crippen LogP contribution is 2.26. The predicted molar refractivity (Wildman–Crippen MR) is 65.6 cm³/mol. The SMILES string of the molecule is CC(C)c1nnsc1C(=O)N1CC(CC(=O)O)C1. The highest BCUT2D eigenvalue weighted by atomic mass is 32.1. The lowest BCUT2D eigenvalue weighted by atomic mass is 9.96. The minimum atomic E-state index is -0.811. The molecule has 98 valence electrons. The molecule has 0 atom stereocenters. The number of rotatable bonds is 4. The van der Waals surface area contributed by atoms with Crippen LogP contribution in [0.2, 0.25) is 0 Å². The normalized spacial score (nSPS) is 15.8. The third-order valence-corrected chi connectivity index (χ3v) is 3.69. The molecule has 1 aromatic rings. The summed E-state index contributed by atoms with van der Waals surface area (Å²) in [6, 6.07) is 0. The van der Waals surface area contributed by atoms with Crippen LogP contribution in [0.25, 0.3) is 0 Å². The zero-order valence-electron chi connectivity index (χ0n) is 10.3. The van der Waals surface area contributed by atoms with Gasteiger partial charge in [-0.1, -0.05) is 18.3 Å². The Bertz CT molecular complexity index is 466. The van der Waals surface area contributed by atoms with Crippen molar-refractivity contribution >= 4 is 23.4 Å². The van der Waals surface area contributed by atoms with Crippen LogP contribution in [0.1, 0.15) is 41.6 Å². The van der Waals surface area contributed by atoms with Gasteiger partial charge in [-0.05, 0) is 17.5 Å². The van der Waals surface area contributed by atoms with Crippen molar-refractivity contribution in [1.82, 2.24) is 14.5 Å². The number of carboxylic acids is 1. The van der Waals surface area contributed by atoms with E-state index in [4.69, 9.17) is 5.11 Å². The van der Waals surface area contributed by atoms with Crippen LogP contribution < -0.4 is 0 Å². The Kier molecular flexibility index (Phi) is 3.60. The molecule has 6 nitrogen and oxygen atoms in total. The van der Waals surface area contributed by atoms with Gasteiger partial charge in [0.15, 0.2) is 0 Å². The van der Waals surface area contributed by atoms with E-state index in [-0.39, 0.29) is 24.2 Å². The first-order valence-corrected chi connectivity index (χ1v) is 6.59. The van der Waals surface area contributed by atoms with E-state index in [1.54, 1.807) is 4.90 Å². The molecular formula is C11H15N3O3S. The van der Waals surface area contributed by atoms with Crippen molar-refractivity contribution in [2.45, 2.75) is 26.2 Å². The highest BCUT2D eigenvalue weighted by molar-refractivity contribution is 7.08. The van der Waals surface area contributed by atoms with Crippen LogP contribution >= 0.6 is 11.5 Å². The van der Waals surface area contributed by atoms with E-state index in [2.05, 4.69) is 9.59 Å². The zero-order chi connectivity index (χ0) is 13.3. The molecule has 0 radical (unpaired) electrons. The summed E-state index contributed by atoms with van der Waals surface area (Å²) in [5, 5.41) is 12.6. The number of carboxylic acid groups (broad SMARTS) is 1. The second-order valence-electron chi connectivity index (χ2n) is 4.82. The molecule has 7 heteroatoms. The van der Waals surface area contributed by atoms with Gasteiger partial charge < -0.3 is 10.0 Å². The van der Waals surface area contributed by atoms with Crippen LogP contribution in [0.5, 0.6) is 0 Å². The average Bonchev–Trinajstić information content (AvgIpc) is 2.70. The maximum atomic E-state index is 12.2. The van der Waals surface area contributed by atoms with E-state index in [1.807, 2.05) is 13.8 Å². The fourth-order valence-corrected chi connectivity index (χ4v) is 2.77. The molecule has 0 unspecified atom stereocenters. The third-order valence-electron chi connectivity index (χ3n) is 2.96. The second-order valence-corrected chi connectivity index (χ2v) is 5.57. The fourth-order valence-electron chi connectivity index (χ4n) is 1.98. The number of nitrogens with zero attached hydrogens (tertiary/aromatic N) is 3. The number of hydrogen-bond donors (Lipinski definition) is 1. The first kappa shape index (κ1) is 12.9. The Balaban J connectivity index is 1.97. The van der Waals surface area contributed by atoms with E-state index < -0.39 is 5.97 Å². The summed E-state index contributed by atoms with van der Waals surface area (Å²) in [5.74, 6) is -0.640. The molecule has 1 aliphatic rings. The first-order chi connectivity index (χ1) is 8.49. The van der Waals surface area contributed by atoms with E-state index >= 15 is 0 Å². The number of aliphatic carboxylic acids is 1. The summed E-state index contributed by atoms with van der Waals surface area (Å²) in [6.07, 6.45) is 0.127. The largest absolute Gasteiger partial charge is 0.481 e.